The lowest BCUT2D eigenvalue weighted by Gasteiger charge is -1.96. The molecule has 0 radical (unpaired) electrons. The van der Waals surface area contributed by atoms with Gasteiger partial charge in [-0.05, 0) is 48.2 Å². The summed E-state index contributed by atoms with van der Waals surface area (Å²) in [4.78, 5) is 7.98. The molecule has 0 fully saturated rings. The van der Waals surface area contributed by atoms with Crippen LogP contribution in [0.1, 0.15) is 17.5 Å². The molecule has 2 nitrogen and oxygen atoms in total. The van der Waals surface area contributed by atoms with Crippen LogP contribution >= 0.6 is 0 Å². The standard InChI is InChI=1S/C14H14N2/c1(3-13-5-9-15-10-6-13)2-4-14-7-11-16-12-8-14/h1,3,5-12H,2,4H2/b3-1+. The predicted octanol–water partition coefficient (Wildman–Crippen LogP) is 3.12. The number of hydrogen-bond donors (Lipinski definition) is 0. The van der Waals surface area contributed by atoms with Gasteiger partial charge < -0.3 is 0 Å². The van der Waals surface area contributed by atoms with Crippen LogP contribution in [0.4, 0.5) is 0 Å². The van der Waals surface area contributed by atoms with Gasteiger partial charge >= 0.3 is 0 Å². The van der Waals surface area contributed by atoms with Crippen LogP contribution in [-0.4, -0.2) is 9.97 Å². The molecule has 2 aromatic rings. The molecule has 0 aliphatic rings. The largest absolute Gasteiger partial charge is 0.265 e. The molecule has 0 aliphatic heterocycles. The van der Waals surface area contributed by atoms with Gasteiger partial charge in [-0.15, -0.1) is 0 Å². The lowest BCUT2D eigenvalue weighted by Crippen LogP contribution is -1.82. The summed E-state index contributed by atoms with van der Waals surface area (Å²) >= 11 is 0. The number of rotatable bonds is 4. The molecule has 0 bridgehead atoms. The van der Waals surface area contributed by atoms with Crippen LogP contribution in [-0.2, 0) is 6.42 Å². The van der Waals surface area contributed by atoms with Crippen LogP contribution in [0.3, 0.4) is 0 Å². The van der Waals surface area contributed by atoms with Crippen molar-refractivity contribution >= 4 is 6.08 Å². The number of aromatic nitrogens is 2. The Morgan fingerprint density at radius 1 is 0.875 bits per heavy atom. The quantitative estimate of drug-likeness (QED) is 0.774. The molecular weight excluding hydrogens is 196 g/mol. The first-order valence-electron chi connectivity index (χ1n) is 5.40. The fourth-order valence-corrected chi connectivity index (χ4v) is 1.49. The normalized spacial score (nSPS) is 10.8. The van der Waals surface area contributed by atoms with Gasteiger partial charge in [-0.25, -0.2) is 0 Å². The Hall–Kier alpha value is -1.96. The second-order valence-electron chi connectivity index (χ2n) is 3.58. The van der Waals surface area contributed by atoms with Crippen LogP contribution < -0.4 is 0 Å². The van der Waals surface area contributed by atoms with E-state index < -0.39 is 0 Å². The van der Waals surface area contributed by atoms with Gasteiger partial charge in [-0.2, -0.15) is 0 Å². The minimum Gasteiger partial charge on any atom is -0.265 e. The molecule has 2 rings (SSSR count). The minimum atomic E-state index is 1.05. The highest BCUT2D eigenvalue weighted by Gasteiger charge is 1.89. The monoisotopic (exact) mass is 210 g/mol. The van der Waals surface area contributed by atoms with Gasteiger partial charge in [0, 0.05) is 24.8 Å². The summed E-state index contributed by atoms with van der Waals surface area (Å²) in [6, 6.07) is 8.12. The van der Waals surface area contributed by atoms with Gasteiger partial charge in [-0.1, -0.05) is 12.2 Å². The summed E-state index contributed by atoms with van der Waals surface area (Å²) < 4.78 is 0. The molecule has 0 saturated heterocycles. The Balaban J connectivity index is 1.83. The van der Waals surface area contributed by atoms with Crippen LogP contribution in [0.5, 0.6) is 0 Å². The van der Waals surface area contributed by atoms with Crippen molar-refractivity contribution < 1.29 is 0 Å². The van der Waals surface area contributed by atoms with Crippen molar-refractivity contribution in [1.29, 1.82) is 0 Å². The highest BCUT2D eigenvalue weighted by molar-refractivity contribution is 5.47. The van der Waals surface area contributed by atoms with E-state index in [2.05, 4.69) is 34.3 Å². The number of allylic oxidation sites excluding steroid dienone is 1. The predicted molar refractivity (Wildman–Crippen MR) is 65.8 cm³/mol. The van der Waals surface area contributed by atoms with E-state index in [1.807, 2.05) is 36.9 Å². The van der Waals surface area contributed by atoms with Crippen molar-refractivity contribution in [2.75, 3.05) is 0 Å². The fourth-order valence-electron chi connectivity index (χ4n) is 1.49. The molecule has 0 saturated carbocycles. The molecule has 16 heavy (non-hydrogen) atoms. The van der Waals surface area contributed by atoms with Gasteiger partial charge in [0.1, 0.15) is 0 Å². The van der Waals surface area contributed by atoms with E-state index in [1.54, 1.807) is 0 Å². The highest BCUT2D eigenvalue weighted by atomic mass is 14.6. The third kappa shape index (κ3) is 3.31. The van der Waals surface area contributed by atoms with E-state index in [4.69, 9.17) is 0 Å². The van der Waals surface area contributed by atoms with E-state index in [1.165, 1.54) is 11.1 Å². The Kier molecular flexibility index (Phi) is 3.83. The molecule has 0 spiro atoms. The van der Waals surface area contributed by atoms with Gasteiger partial charge in [0.05, 0.1) is 0 Å². The summed E-state index contributed by atoms with van der Waals surface area (Å²) in [6.45, 7) is 0. The van der Waals surface area contributed by atoms with Crippen LogP contribution in [0, 0.1) is 0 Å². The van der Waals surface area contributed by atoms with E-state index in [0.717, 1.165) is 12.8 Å². The molecule has 2 heteroatoms. The van der Waals surface area contributed by atoms with Crippen LogP contribution in [0.25, 0.3) is 6.08 Å². The zero-order valence-corrected chi connectivity index (χ0v) is 9.08. The molecule has 0 atom stereocenters. The smallest absolute Gasteiger partial charge is 0.0273 e. The first-order valence-corrected chi connectivity index (χ1v) is 5.40. The first-order chi connectivity index (χ1) is 7.95. The van der Waals surface area contributed by atoms with Gasteiger partial charge in [0.2, 0.25) is 0 Å². The van der Waals surface area contributed by atoms with Gasteiger partial charge in [0.25, 0.3) is 0 Å². The molecular formula is C14H14N2. The molecule has 0 aromatic carbocycles. The van der Waals surface area contributed by atoms with E-state index in [9.17, 15) is 0 Å². The van der Waals surface area contributed by atoms with Crippen molar-refractivity contribution in [1.82, 2.24) is 9.97 Å². The molecule has 0 N–H and O–H groups in total. The summed E-state index contributed by atoms with van der Waals surface area (Å²) in [5, 5.41) is 0. The van der Waals surface area contributed by atoms with E-state index in [-0.39, 0.29) is 0 Å². The van der Waals surface area contributed by atoms with Crippen molar-refractivity contribution in [3.63, 3.8) is 0 Å². The minimum absolute atomic E-state index is 1.05. The molecule has 2 heterocycles. The van der Waals surface area contributed by atoms with Crippen molar-refractivity contribution in [2.45, 2.75) is 12.8 Å². The molecule has 80 valence electrons. The second kappa shape index (κ2) is 5.81. The second-order valence-corrected chi connectivity index (χ2v) is 3.58. The topological polar surface area (TPSA) is 25.8 Å². The molecule has 0 unspecified atom stereocenters. The number of pyridine rings is 2. The maximum Gasteiger partial charge on any atom is 0.0273 e. The Labute approximate surface area is 95.7 Å². The van der Waals surface area contributed by atoms with Crippen molar-refractivity contribution in [3.8, 4) is 0 Å². The Morgan fingerprint density at radius 3 is 2.19 bits per heavy atom. The van der Waals surface area contributed by atoms with Crippen molar-refractivity contribution in [2.24, 2.45) is 0 Å². The summed E-state index contributed by atoms with van der Waals surface area (Å²) in [6.07, 6.45) is 13.7. The Morgan fingerprint density at radius 2 is 1.50 bits per heavy atom. The van der Waals surface area contributed by atoms with Gasteiger partial charge in [-0.3, -0.25) is 9.97 Å². The maximum atomic E-state index is 4.00. The summed E-state index contributed by atoms with van der Waals surface area (Å²) in [5.41, 5.74) is 2.53. The molecule has 0 aliphatic carbocycles. The average Bonchev–Trinajstić information content (AvgIpc) is 2.37. The average molecular weight is 210 g/mol. The summed E-state index contributed by atoms with van der Waals surface area (Å²) in [5.74, 6) is 0. The number of nitrogens with zero attached hydrogens (tertiary/aromatic N) is 2. The van der Waals surface area contributed by atoms with E-state index >= 15 is 0 Å². The zero-order valence-electron chi connectivity index (χ0n) is 9.08. The molecule has 0 amide bonds. The SMILES string of the molecule is C(=C\c1ccncc1)/CCc1ccncc1. The number of aryl methyl sites for hydroxylation is 1. The Bertz CT molecular complexity index is 435. The third-order valence-electron chi connectivity index (χ3n) is 2.37. The zero-order chi connectivity index (χ0) is 11.1. The highest BCUT2D eigenvalue weighted by Crippen LogP contribution is 2.04. The third-order valence-corrected chi connectivity index (χ3v) is 2.37. The lowest BCUT2D eigenvalue weighted by molar-refractivity contribution is 0.998. The fraction of sp³-hybridized carbons (Fsp3) is 0.143. The van der Waals surface area contributed by atoms with Crippen LogP contribution in [0.15, 0.2) is 55.1 Å². The lowest BCUT2D eigenvalue weighted by atomic mass is 10.1. The van der Waals surface area contributed by atoms with E-state index in [0.29, 0.717) is 0 Å². The maximum absolute atomic E-state index is 4.00. The first kappa shape index (κ1) is 10.6. The van der Waals surface area contributed by atoms with Crippen LogP contribution in [0.2, 0.25) is 0 Å². The summed E-state index contributed by atoms with van der Waals surface area (Å²) in [7, 11) is 0. The number of hydrogen-bond acceptors (Lipinski definition) is 2. The molecule has 2 aromatic heterocycles. The van der Waals surface area contributed by atoms with Gasteiger partial charge in [0.15, 0.2) is 0 Å². The van der Waals surface area contributed by atoms with Crippen molar-refractivity contribution in [3.05, 3.63) is 66.3 Å².